The lowest BCUT2D eigenvalue weighted by Gasteiger charge is -2.07. The van der Waals surface area contributed by atoms with Crippen molar-refractivity contribution in [1.29, 1.82) is 0 Å². The Bertz CT molecular complexity index is 280. The van der Waals surface area contributed by atoms with Crippen LogP contribution in [-0.4, -0.2) is 30.4 Å². The lowest BCUT2D eigenvalue weighted by molar-refractivity contribution is 0.143. The molecule has 1 N–H and O–H groups in total. The van der Waals surface area contributed by atoms with Crippen molar-refractivity contribution >= 4 is 0 Å². The molecule has 0 aromatic carbocycles. The molecular weight excluding hydrogens is 194 g/mol. The summed E-state index contributed by atoms with van der Waals surface area (Å²) in [7, 11) is 1.62. The Morgan fingerprint density at radius 2 is 2.13 bits per heavy atom. The molecule has 0 aliphatic heterocycles. The zero-order chi connectivity index (χ0) is 11.1. The molecule has 0 bridgehead atoms. The fraction of sp³-hybridized carbons (Fsp3) is 0.545. The highest BCUT2D eigenvalue weighted by atomic mass is 16.5. The molecule has 1 aromatic heterocycles. The van der Waals surface area contributed by atoms with Crippen molar-refractivity contribution in [2.75, 3.05) is 20.3 Å². The molecule has 0 spiro atoms. The van der Waals surface area contributed by atoms with Gasteiger partial charge in [0.2, 0.25) is 5.88 Å². The normalized spacial score (nSPS) is 10.3. The first-order chi connectivity index (χ1) is 7.30. The number of aliphatic hydroxyl groups is 1. The van der Waals surface area contributed by atoms with E-state index in [0.717, 1.165) is 17.7 Å². The van der Waals surface area contributed by atoms with Crippen LogP contribution in [0.25, 0.3) is 0 Å². The van der Waals surface area contributed by atoms with E-state index < -0.39 is 0 Å². The molecule has 0 amide bonds. The average molecular weight is 211 g/mol. The number of aliphatic hydroxyl groups excluding tert-OH is 1. The Balaban J connectivity index is 2.68. The van der Waals surface area contributed by atoms with Gasteiger partial charge in [-0.05, 0) is 18.1 Å². The summed E-state index contributed by atoms with van der Waals surface area (Å²) in [5.41, 5.74) is 1.75. The van der Waals surface area contributed by atoms with Gasteiger partial charge >= 0.3 is 0 Å². The third-order valence-electron chi connectivity index (χ3n) is 2.00. The molecule has 0 aliphatic rings. The summed E-state index contributed by atoms with van der Waals surface area (Å²) in [5, 5.41) is 9.05. The Labute approximate surface area is 89.9 Å². The number of rotatable bonds is 6. The van der Waals surface area contributed by atoms with Crippen molar-refractivity contribution in [3.63, 3.8) is 0 Å². The highest BCUT2D eigenvalue weighted by molar-refractivity contribution is 5.24. The quantitative estimate of drug-likeness (QED) is 0.717. The van der Waals surface area contributed by atoms with E-state index >= 15 is 0 Å². The fourth-order valence-corrected chi connectivity index (χ4v) is 1.20. The number of methoxy groups -OCH3 is 1. The first kappa shape index (κ1) is 11.9. The van der Waals surface area contributed by atoms with Crippen molar-refractivity contribution in [2.24, 2.45) is 0 Å². The van der Waals surface area contributed by atoms with Crippen LogP contribution in [0.4, 0.5) is 0 Å². The van der Waals surface area contributed by atoms with E-state index in [9.17, 15) is 0 Å². The first-order valence-corrected chi connectivity index (χ1v) is 5.02. The van der Waals surface area contributed by atoms with Crippen LogP contribution >= 0.6 is 0 Å². The second-order valence-electron chi connectivity index (χ2n) is 3.16. The van der Waals surface area contributed by atoms with Gasteiger partial charge in [0, 0.05) is 18.9 Å². The van der Waals surface area contributed by atoms with E-state index in [4.69, 9.17) is 14.6 Å². The summed E-state index contributed by atoms with van der Waals surface area (Å²) in [6, 6.07) is 3.62. The predicted octanol–water partition coefficient (Wildman–Crippen LogP) is 1.16. The van der Waals surface area contributed by atoms with Gasteiger partial charge in [-0.25, -0.2) is 4.98 Å². The maximum Gasteiger partial charge on any atom is 0.213 e. The number of ether oxygens (including phenoxy) is 2. The number of hydrogen-bond donors (Lipinski definition) is 1. The molecule has 0 atom stereocenters. The number of aryl methyl sites for hydroxylation is 1. The van der Waals surface area contributed by atoms with E-state index in [2.05, 4.69) is 4.98 Å². The van der Waals surface area contributed by atoms with Crippen LogP contribution in [0.15, 0.2) is 12.1 Å². The van der Waals surface area contributed by atoms with Crippen LogP contribution < -0.4 is 4.74 Å². The smallest absolute Gasteiger partial charge is 0.213 e. The van der Waals surface area contributed by atoms with Gasteiger partial charge in [-0.15, -0.1) is 0 Å². The topological polar surface area (TPSA) is 51.6 Å². The van der Waals surface area contributed by atoms with Gasteiger partial charge in [0.25, 0.3) is 0 Å². The third-order valence-corrected chi connectivity index (χ3v) is 2.00. The summed E-state index contributed by atoms with van der Waals surface area (Å²) in [5.74, 6) is 0.551. The molecule has 4 heteroatoms. The molecule has 1 heterocycles. The molecule has 1 rings (SSSR count). The highest BCUT2D eigenvalue weighted by Gasteiger charge is 2.01. The van der Waals surface area contributed by atoms with Gasteiger partial charge in [-0.3, -0.25) is 0 Å². The van der Waals surface area contributed by atoms with Crippen LogP contribution in [0.3, 0.4) is 0 Å². The summed E-state index contributed by atoms with van der Waals surface area (Å²) in [4.78, 5) is 4.28. The minimum Gasteiger partial charge on any atom is -0.475 e. The van der Waals surface area contributed by atoms with Gasteiger partial charge in [0.05, 0.1) is 13.2 Å². The van der Waals surface area contributed by atoms with Crippen LogP contribution in [0, 0.1) is 0 Å². The molecule has 0 unspecified atom stereocenters. The maximum absolute atomic E-state index is 9.05. The Hall–Kier alpha value is -1.13. The molecule has 15 heavy (non-hydrogen) atoms. The SMILES string of the molecule is CCc1cc(CO)cc(OCCOC)n1. The Morgan fingerprint density at radius 3 is 2.73 bits per heavy atom. The van der Waals surface area contributed by atoms with Crippen LogP contribution in [0.2, 0.25) is 0 Å². The van der Waals surface area contributed by atoms with Crippen LogP contribution in [0.5, 0.6) is 5.88 Å². The van der Waals surface area contributed by atoms with Gasteiger partial charge in [-0.2, -0.15) is 0 Å². The Morgan fingerprint density at radius 1 is 1.33 bits per heavy atom. The molecular formula is C11H17NO3. The second kappa shape index (κ2) is 6.37. The first-order valence-electron chi connectivity index (χ1n) is 5.02. The molecule has 0 radical (unpaired) electrons. The van der Waals surface area contributed by atoms with Crippen LogP contribution in [-0.2, 0) is 17.8 Å². The fourth-order valence-electron chi connectivity index (χ4n) is 1.20. The minimum atomic E-state index is 0.0101. The van der Waals surface area contributed by atoms with Gasteiger partial charge in [0.1, 0.15) is 6.61 Å². The van der Waals surface area contributed by atoms with Crippen molar-refractivity contribution in [3.05, 3.63) is 23.4 Å². The molecule has 1 aromatic rings. The zero-order valence-electron chi connectivity index (χ0n) is 9.19. The van der Waals surface area contributed by atoms with E-state index in [0.29, 0.717) is 19.1 Å². The average Bonchev–Trinajstić information content (AvgIpc) is 2.29. The van der Waals surface area contributed by atoms with Crippen molar-refractivity contribution in [3.8, 4) is 5.88 Å². The molecule has 0 fully saturated rings. The largest absolute Gasteiger partial charge is 0.475 e. The third kappa shape index (κ3) is 3.85. The Kier molecular flexibility index (Phi) is 5.07. The molecule has 4 nitrogen and oxygen atoms in total. The van der Waals surface area contributed by atoms with E-state index in [1.165, 1.54) is 0 Å². The number of pyridine rings is 1. The van der Waals surface area contributed by atoms with E-state index in [-0.39, 0.29) is 6.61 Å². The molecule has 0 aliphatic carbocycles. The van der Waals surface area contributed by atoms with Crippen LogP contribution in [0.1, 0.15) is 18.2 Å². The van der Waals surface area contributed by atoms with Gasteiger partial charge in [-0.1, -0.05) is 6.92 Å². The minimum absolute atomic E-state index is 0.0101. The van der Waals surface area contributed by atoms with Crippen molar-refractivity contribution < 1.29 is 14.6 Å². The summed E-state index contributed by atoms with van der Waals surface area (Å²) in [6.07, 6.45) is 0.828. The maximum atomic E-state index is 9.05. The van der Waals surface area contributed by atoms with Gasteiger partial charge in [0.15, 0.2) is 0 Å². The van der Waals surface area contributed by atoms with E-state index in [1.807, 2.05) is 13.0 Å². The molecule has 0 saturated heterocycles. The summed E-state index contributed by atoms with van der Waals surface area (Å²) >= 11 is 0. The number of nitrogens with zero attached hydrogens (tertiary/aromatic N) is 1. The van der Waals surface area contributed by atoms with E-state index in [1.54, 1.807) is 13.2 Å². The predicted molar refractivity (Wildman–Crippen MR) is 56.9 cm³/mol. The summed E-state index contributed by atoms with van der Waals surface area (Å²) in [6.45, 7) is 3.03. The van der Waals surface area contributed by atoms with Gasteiger partial charge < -0.3 is 14.6 Å². The number of aromatic nitrogens is 1. The lowest BCUT2D eigenvalue weighted by Crippen LogP contribution is -2.06. The highest BCUT2D eigenvalue weighted by Crippen LogP contribution is 2.13. The second-order valence-corrected chi connectivity index (χ2v) is 3.16. The summed E-state index contributed by atoms with van der Waals surface area (Å²) < 4.78 is 10.3. The monoisotopic (exact) mass is 211 g/mol. The number of hydrogen-bond acceptors (Lipinski definition) is 4. The molecule has 0 saturated carbocycles. The molecule has 84 valence electrons. The standard InChI is InChI=1S/C11H17NO3/c1-3-10-6-9(8-13)7-11(12-10)15-5-4-14-2/h6-7,13H,3-5,8H2,1-2H3. The zero-order valence-corrected chi connectivity index (χ0v) is 9.19. The van der Waals surface area contributed by atoms with Crippen molar-refractivity contribution in [1.82, 2.24) is 4.98 Å². The lowest BCUT2D eigenvalue weighted by atomic mass is 10.2. The van der Waals surface area contributed by atoms with Crippen molar-refractivity contribution in [2.45, 2.75) is 20.0 Å².